The minimum atomic E-state index is -0.890. The monoisotopic (exact) mass is 365 g/mol. The highest BCUT2D eigenvalue weighted by atomic mass is 16.6. The average molecular weight is 365 g/mol. The van der Waals surface area contributed by atoms with Crippen molar-refractivity contribution in [2.75, 3.05) is 5.32 Å². The number of anilines is 1. The second-order valence-electron chi connectivity index (χ2n) is 7.76. The summed E-state index contributed by atoms with van der Waals surface area (Å²) in [5, 5.41) is 4.95. The lowest BCUT2D eigenvalue weighted by Crippen LogP contribution is -2.44. The Morgan fingerprint density at radius 3 is 2.15 bits per heavy atom. The summed E-state index contributed by atoms with van der Waals surface area (Å²) in [4.78, 5) is 40.3. The maximum atomic E-state index is 12.3. The van der Waals surface area contributed by atoms with Crippen molar-refractivity contribution in [1.29, 1.82) is 0 Å². The third kappa shape index (κ3) is 7.50. The molecule has 1 aromatic heterocycles. The Hall–Kier alpha value is -2.64. The molecule has 8 heteroatoms. The Morgan fingerprint density at radius 2 is 1.62 bits per heavy atom. The lowest BCUT2D eigenvalue weighted by atomic mass is 10.2. The third-order valence-electron chi connectivity index (χ3n) is 2.79. The number of hydrogen-bond acceptors (Lipinski definition) is 6. The Labute approximate surface area is 153 Å². The number of esters is 1. The molecule has 0 aliphatic carbocycles. The van der Waals surface area contributed by atoms with Gasteiger partial charge in [0.05, 0.1) is 0 Å². The maximum absolute atomic E-state index is 12.3. The van der Waals surface area contributed by atoms with Crippen molar-refractivity contribution in [3.63, 3.8) is 0 Å². The van der Waals surface area contributed by atoms with Crippen molar-refractivity contribution >= 4 is 23.8 Å². The number of alkyl carbamates (subject to hydrolysis) is 1. The van der Waals surface area contributed by atoms with Crippen molar-refractivity contribution in [2.24, 2.45) is 0 Å². The molecular weight excluding hydrogens is 338 g/mol. The fourth-order valence-corrected chi connectivity index (χ4v) is 1.78. The van der Waals surface area contributed by atoms with Crippen molar-refractivity contribution in [2.45, 2.75) is 65.7 Å². The van der Waals surface area contributed by atoms with Gasteiger partial charge in [-0.2, -0.15) is 0 Å². The lowest BCUT2D eigenvalue weighted by molar-refractivity contribution is -0.117. The summed E-state index contributed by atoms with van der Waals surface area (Å²) in [6.45, 7) is 11.9. The Kier molecular flexibility index (Phi) is 6.72. The second-order valence-corrected chi connectivity index (χ2v) is 7.76. The van der Waals surface area contributed by atoms with Gasteiger partial charge in [0.2, 0.25) is 5.91 Å². The lowest BCUT2D eigenvalue weighted by Gasteiger charge is -2.22. The minimum Gasteiger partial charge on any atom is -0.456 e. The molecule has 26 heavy (non-hydrogen) atoms. The van der Waals surface area contributed by atoms with Gasteiger partial charge < -0.3 is 20.1 Å². The first-order chi connectivity index (χ1) is 11.8. The molecule has 0 aromatic carbocycles. The normalized spacial score (nSPS) is 12.7. The highest BCUT2D eigenvalue weighted by molar-refractivity contribution is 6.02. The minimum absolute atomic E-state index is 0.0598. The van der Waals surface area contributed by atoms with Gasteiger partial charge >= 0.3 is 12.1 Å². The Bertz CT molecular complexity index is 674. The van der Waals surface area contributed by atoms with E-state index < -0.39 is 35.2 Å². The van der Waals surface area contributed by atoms with Crippen LogP contribution < -0.4 is 10.6 Å². The average Bonchev–Trinajstić information content (AvgIpc) is 2.43. The van der Waals surface area contributed by atoms with Gasteiger partial charge in [-0.15, -0.1) is 0 Å². The molecule has 0 bridgehead atoms. The van der Waals surface area contributed by atoms with Crippen molar-refractivity contribution < 1.29 is 23.9 Å². The number of hydrogen-bond donors (Lipinski definition) is 2. The number of carbonyl (C=O) groups excluding carboxylic acids is 3. The van der Waals surface area contributed by atoms with E-state index in [1.54, 1.807) is 47.6 Å². The van der Waals surface area contributed by atoms with Gasteiger partial charge in [0.25, 0.3) is 0 Å². The molecule has 2 N–H and O–H groups in total. The molecule has 0 saturated heterocycles. The van der Waals surface area contributed by atoms with Crippen LogP contribution in [-0.4, -0.2) is 40.2 Å². The van der Waals surface area contributed by atoms with Gasteiger partial charge in [-0.05, 0) is 60.6 Å². The van der Waals surface area contributed by atoms with E-state index in [0.29, 0.717) is 0 Å². The van der Waals surface area contributed by atoms with Crippen molar-refractivity contribution in [3.8, 4) is 0 Å². The van der Waals surface area contributed by atoms with E-state index >= 15 is 0 Å². The molecule has 0 saturated carbocycles. The van der Waals surface area contributed by atoms with E-state index in [2.05, 4.69) is 15.6 Å². The summed E-state index contributed by atoms with van der Waals surface area (Å²) in [5.41, 5.74) is -1.23. The molecule has 0 fully saturated rings. The molecule has 1 heterocycles. The van der Waals surface area contributed by atoms with Crippen LogP contribution in [-0.2, 0) is 14.3 Å². The van der Waals surface area contributed by atoms with Crippen LogP contribution in [0.3, 0.4) is 0 Å². The third-order valence-corrected chi connectivity index (χ3v) is 2.79. The number of ether oxygens (including phenoxy) is 2. The molecule has 1 rings (SSSR count). The zero-order chi connectivity index (χ0) is 20.1. The predicted octanol–water partition coefficient (Wildman–Crippen LogP) is 2.89. The zero-order valence-electron chi connectivity index (χ0n) is 16.3. The number of pyridine rings is 1. The molecule has 144 valence electrons. The Balaban J connectivity index is 2.81. The van der Waals surface area contributed by atoms with E-state index in [1.807, 2.05) is 0 Å². The summed E-state index contributed by atoms with van der Waals surface area (Å²) in [6, 6.07) is 2.18. The quantitative estimate of drug-likeness (QED) is 0.795. The van der Waals surface area contributed by atoms with Crippen LogP contribution in [0.25, 0.3) is 0 Å². The molecule has 0 unspecified atom stereocenters. The predicted molar refractivity (Wildman–Crippen MR) is 96.9 cm³/mol. The summed E-state index contributed by atoms with van der Waals surface area (Å²) >= 11 is 0. The van der Waals surface area contributed by atoms with Gasteiger partial charge in [0.1, 0.15) is 28.6 Å². The van der Waals surface area contributed by atoms with Gasteiger partial charge in [0, 0.05) is 6.20 Å². The molecule has 1 atom stereocenters. The van der Waals surface area contributed by atoms with Gasteiger partial charge in [0.15, 0.2) is 0 Å². The van der Waals surface area contributed by atoms with Gasteiger partial charge in [-0.25, -0.2) is 14.6 Å². The highest BCUT2D eigenvalue weighted by Gasteiger charge is 2.24. The molecule has 1 aromatic rings. The number of aromatic nitrogens is 1. The molecule has 0 spiro atoms. The van der Waals surface area contributed by atoms with Crippen LogP contribution in [0.4, 0.5) is 10.6 Å². The number of amides is 2. The number of rotatable bonds is 4. The first-order valence-electron chi connectivity index (χ1n) is 8.27. The van der Waals surface area contributed by atoms with Crippen molar-refractivity contribution in [3.05, 3.63) is 23.9 Å². The highest BCUT2D eigenvalue weighted by Crippen LogP contribution is 2.17. The van der Waals surface area contributed by atoms with Crippen LogP contribution in [0.5, 0.6) is 0 Å². The van der Waals surface area contributed by atoms with Gasteiger partial charge in [-0.3, -0.25) is 4.79 Å². The van der Waals surface area contributed by atoms with Crippen LogP contribution >= 0.6 is 0 Å². The van der Waals surface area contributed by atoms with Crippen LogP contribution in [0.15, 0.2) is 18.3 Å². The molecule has 0 radical (unpaired) electrons. The number of nitrogens with zero attached hydrogens (tertiary/aromatic N) is 1. The van der Waals surface area contributed by atoms with E-state index in [9.17, 15) is 14.4 Å². The van der Waals surface area contributed by atoms with Crippen LogP contribution in [0, 0.1) is 0 Å². The Morgan fingerprint density at radius 1 is 1.04 bits per heavy atom. The first kappa shape index (κ1) is 21.4. The molecule has 8 nitrogen and oxygen atoms in total. The van der Waals surface area contributed by atoms with E-state index in [4.69, 9.17) is 9.47 Å². The topological polar surface area (TPSA) is 107 Å². The molecule has 2 amide bonds. The first-order valence-corrected chi connectivity index (χ1v) is 8.27. The van der Waals surface area contributed by atoms with Crippen LogP contribution in [0.2, 0.25) is 0 Å². The molecule has 0 aliphatic heterocycles. The summed E-state index contributed by atoms with van der Waals surface area (Å²) < 4.78 is 10.4. The summed E-state index contributed by atoms with van der Waals surface area (Å²) in [7, 11) is 0. The van der Waals surface area contributed by atoms with E-state index in [-0.39, 0.29) is 11.4 Å². The maximum Gasteiger partial charge on any atom is 0.408 e. The van der Waals surface area contributed by atoms with E-state index in [1.165, 1.54) is 19.2 Å². The largest absolute Gasteiger partial charge is 0.456 e. The zero-order valence-corrected chi connectivity index (χ0v) is 16.3. The fraction of sp³-hybridized carbons (Fsp3) is 0.556. The SMILES string of the molecule is C[C@H](NC(=O)OC(C)(C)C)C(=O)Nc1ncccc1C(=O)OC(C)(C)C. The van der Waals surface area contributed by atoms with Crippen LogP contribution in [0.1, 0.15) is 58.8 Å². The van der Waals surface area contributed by atoms with E-state index in [0.717, 1.165) is 0 Å². The van der Waals surface area contributed by atoms with Gasteiger partial charge in [-0.1, -0.05) is 0 Å². The molecule has 0 aliphatic rings. The fourth-order valence-electron chi connectivity index (χ4n) is 1.78. The smallest absolute Gasteiger partial charge is 0.408 e. The van der Waals surface area contributed by atoms with Crippen molar-refractivity contribution in [1.82, 2.24) is 10.3 Å². The number of carbonyl (C=O) groups is 3. The standard InChI is InChI=1S/C18H27N3O5/c1-11(20-16(24)26-18(5,6)7)14(22)21-13-12(9-8-10-19-13)15(23)25-17(2,3)4/h8-11H,1-7H3,(H,20,24)(H,19,21,22)/t11-/m0/s1. The second kappa shape index (κ2) is 8.16. The number of nitrogens with one attached hydrogen (secondary N) is 2. The summed E-state index contributed by atoms with van der Waals surface area (Å²) in [5.74, 6) is -1.09. The summed E-state index contributed by atoms with van der Waals surface area (Å²) in [6.07, 6.45) is 0.726. The molecular formula is C18H27N3O5.